The summed E-state index contributed by atoms with van der Waals surface area (Å²) in [6.07, 6.45) is -15.7. The molecule has 2 aromatic rings. The summed E-state index contributed by atoms with van der Waals surface area (Å²) in [6, 6.07) is 10.2. The van der Waals surface area contributed by atoms with Crippen molar-refractivity contribution in [2.24, 2.45) is 11.7 Å². The Morgan fingerprint density at radius 1 is 0.870 bits per heavy atom. The fraction of sp³-hybridized carbons (Fsp3) is 0.448. The summed E-state index contributed by atoms with van der Waals surface area (Å²) < 4.78 is 91.3. The second-order valence-corrected chi connectivity index (χ2v) is 10.2. The van der Waals surface area contributed by atoms with E-state index in [1.54, 1.807) is 30.3 Å². The summed E-state index contributed by atoms with van der Waals surface area (Å²) in [5.41, 5.74) is 3.97. The number of nitrogens with one attached hydrogen (secondary N) is 3. The average molecular weight is 665 g/mol. The Kier molecular flexibility index (Phi) is 13.4. The molecule has 46 heavy (non-hydrogen) atoms. The number of carbonyl (C=O) groups excluding carboxylic acids is 3. The van der Waals surface area contributed by atoms with Gasteiger partial charge in [-0.2, -0.15) is 26.3 Å². The van der Waals surface area contributed by atoms with Gasteiger partial charge in [0.1, 0.15) is 18.4 Å². The lowest BCUT2D eigenvalue weighted by molar-refractivity contribution is -0.286. The van der Waals surface area contributed by atoms with Crippen molar-refractivity contribution >= 4 is 23.8 Å². The number of ether oxygens (including phenoxy) is 2. The number of esters is 1. The van der Waals surface area contributed by atoms with Crippen LogP contribution in [-0.4, -0.2) is 73.1 Å². The number of alkyl halides is 6. The van der Waals surface area contributed by atoms with Crippen LogP contribution in [0.3, 0.4) is 0 Å². The molecule has 0 bridgehead atoms. The molecule has 0 heterocycles. The zero-order chi connectivity index (χ0) is 34.7. The highest BCUT2D eigenvalue weighted by Crippen LogP contribution is 2.42. The topological polar surface area (TPSA) is 169 Å². The van der Waals surface area contributed by atoms with E-state index in [4.69, 9.17) is 15.2 Å². The number of amides is 2. The van der Waals surface area contributed by atoms with Crippen molar-refractivity contribution in [2.75, 3.05) is 14.2 Å². The number of aliphatic carboxylic acids is 1. The first-order valence-corrected chi connectivity index (χ1v) is 13.7. The molecular formula is C29H34F6N4O7. The number of benzene rings is 2. The van der Waals surface area contributed by atoms with E-state index in [2.05, 4.69) is 10.6 Å². The predicted molar refractivity (Wildman–Crippen MR) is 150 cm³/mol. The summed E-state index contributed by atoms with van der Waals surface area (Å²) in [6.45, 7) is -0.212. The van der Waals surface area contributed by atoms with Gasteiger partial charge >= 0.3 is 24.3 Å². The first-order valence-electron chi connectivity index (χ1n) is 13.7. The maximum Gasteiger partial charge on any atom is 0.400 e. The largest absolute Gasteiger partial charge is 0.497 e. The minimum atomic E-state index is -5.90. The lowest BCUT2D eigenvalue weighted by atomic mass is 9.94. The van der Waals surface area contributed by atoms with Crippen molar-refractivity contribution in [3.05, 3.63) is 65.7 Å². The molecule has 2 rings (SSSR count). The van der Waals surface area contributed by atoms with Gasteiger partial charge < -0.3 is 30.9 Å². The third-order valence-electron chi connectivity index (χ3n) is 6.84. The van der Waals surface area contributed by atoms with E-state index in [0.717, 1.165) is 0 Å². The number of hydrogen-bond acceptors (Lipinski definition) is 8. The van der Waals surface area contributed by atoms with Crippen LogP contribution in [0.15, 0.2) is 54.6 Å². The number of halogens is 6. The first kappa shape index (κ1) is 37.8. The number of nitrogens with two attached hydrogens (primary N) is 1. The molecule has 2 amide bonds. The number of rotatable bonds is 16. The Morgan fingerprint density at radius 2 is 1.46 bits per heavy atom. The SMILES string of the molecule is CNC(=O)[C@H](Cc1ccc(OC)cc1)NC(=O)[C@H](CC(C(F)(F)F)C(F)(F)F)N[C@](N)(CCC(=O)OCc1ccccc1)C(=O)O. The molecule has 0 radical (unpaired) electrons. The fourth-order valence-corrected chi connectivity index (χ4v) is 4.23. The van der Waals surface area contributed by atoms with Crippen LogP contribution in [0.2, 0.25) is 0 Å². The van der Waals surface area contributed by atoms with Gasteiger partial charge in [0.15, 0.2) is 11.6 Å². The molecular weight excluding hydrogens is 630 g/mol. The molecule has 254 valence electrons. The van der Waals surface area contributed by atoms with Crippen LogP contribution in [0.4, 0.5) is 26.3 Å². The van der Waals surface area contributed by atoms with Gasteiger partial charge in [0.25, 0.3) is 0 Å². The number of carboxylic acid groups (broad SMARTS) is 1. The molecule has 0 fully saturated rings. The molecule has 0 aliphatic heterocycles. The van der Waals surface area contributed by atoms with Crippen molar-refractivity contribution in [2.45, 2.75) is 62.4 Å². The molecule has 3 atom stereocenters. The van der Waals surface area contributed by atoms with E-state index in [0.29, 0.717) is 16.9 Å². The third-order valence-corrected chi connectivity index (χ3v) is 6.84. The van der Waals surface area contributed by atoms with E-state index in [9.17, 15) is 50.6 Å². The van der Waals surface area contributed by atoms with Gasteiger partial charge in [-0.25, -0.2) is 4.79 Å². The van der Waals surface area contributed by atoms with Gasteiger partial charge in [-0.05, 0) is 29.7 Å². The number of likely N-dealkylation sites (N-methyl/N-ethyl adjacent to an activating group) is 1. The van der Waals surface area contributed by atoms with E-state index < -0.39 is 79.0 Å². The van der Waals surface area contributed by atoms with Crippen molar-refractivity contribution in [3.63, 3.8) is 0 Å². The summed E-state index contributed by atoms with van der Waals surface area (Å²) >= 11 is 0. The van der Waals surface area contributed by atoms with Crippen LogP contribution in [0, 0.1) is 5.92 Å². The average Bonchev–Trinajstić information content (AvgIpc) is 2.99. The Balaban J connectivity index is 2.35. The molecule has 0 saturated heterocycles. The van der Waals surface area contributed by atoms with Crippen molar-refractivity contribution in [3.8, 4) is 5.75 Å². The highest BCUT2D eigenvalue weighted by atomic mass is 19.4. The molecule has 0 aliphatic carbocycles. The molecule has 0 aromatic heterocycles. The monoisotopic (exact) mass is 664 g/mol. The summed E-state index contributed by atoms with van der Waals surface area (Å²) in [4.78, 5) is 50.3. The lowest BCUT2D eigenvalue weighted by Gasteiger charge is -2.34. The Labute approximate surface area is 259 Å². The normalized spacial score (nSPS) is 14.5. The van der Waals surface area contributed by atoms with E-state index in [1.807, 2.05) is 5.32 Å². The summed E-state index contributed by atoms with van der Waals surface area (Å²) in [5.74, 6) is -9.05. The third kappa shape index (κ3) is 11.5. The maximum atomic E-state index is 13.5. The smallest absolute Gasteiger partial charge is 0.400 e. The quantitative estimate of drug-likeness (QED) is 0.103. The number of carboxylic acids is 1. The molecule has 0 aliphatic rings. The van der Waals surface area contributed by atoms with Crippen LogP contribution in [0.1, 0.15) is 30.4 Å². The van der Waals surface area contributed by atoms with E-state index in [1.165, 1.54) is 38.4 Å². The molecule has 0 spiro atoms. The molecule has 6 N–H and O–H groups in total. The second-order valence-electron chi connectivity index (χ2n) is 10.2. The second kappa shape index (κ2) is 16.3. The molecule has 0 unspecified atom stereocenters. The minimum Gasteiger partial charge on any atom is -0.497 e. The van der Waals surface area contributed by atoms with Gasteiger partial charge in [-0.15, -0.1) is 0 Å². The van der Waals surface area contributed by atoms with Crippen LogP contribution in [-0.2, 0) is 36.9 Å². The molecule has 17 heteroatoms. The van der Waals surface area contributed by atoms with Crippen LogP contribution >= 0.6 is 0 Å². The van der Waals surface area contributed by atoms with Crippen LogP contribution in [0.5, 0.6) is 5.75 Å². The Morgan fingerprint density at radius 3 is 1.96 bits per heavy atom. The highest BCUT2D eigenvalue weighted by Gasteiger charge is 2.58. The Hall–Kier alpha value is -4.38. The predicted octanol–water partition coefficient (Wildman–Crippen LogP) is 2.82. The first-order chi connectivity index (χ1) is 21.4. The lowest BCUT2D eigenvalue weighted by Crippen LogP contribution is -2.67. The van der Waals surface area contributed by atoms with Crippen molar-refractivity contribution < 1.29 is 60.1 Å². The summed E-state index contributed by atoms with van der Waals surface area (Å²) in [7, 11) is 2.58. The number of hydrogen-bond donors (Lipinski definition) is 5. The van der Waals surface area contributed by atoms with E-state index >= 15 is 0 Å². The molecule has 11 nitrogen and oxygen atoms in total. The van der Waals surface area contributed by atoms with Gasteiger partial charge in [0.05, 0.1) is 13.2 Å². The summed E-state index contributed by atoms with van der Waals surface area (Å²) in [5, 5.41) is 16.0. The van der Waals surface area contributed by atoms with Gasteiger partial charge in [0, 0.05) is 26.3 Å². The fourth-order valence-electron chi connectivity index (χ4n) is 4.23. The van der Waals surface area contributed by atoms with Gasteiger partial charge in [-0.3, -0.25) is 19.7 Å². The van der Waals surface area contributed by atoms with Gasteiger partial charge in [0.2, 0.25) is 11.8 Å². The minimum absolute atomic E-state index is 0.212. The number of methoxy groups -OCH3 is 1. The molecule has 2 aromatic carbocycles. The Bertz CT molecular complexity index is 1310. The maximum absolute atomic E-state index is 13.5. The zero-order valence-electron chi connectivity index (χ0n) is 24.7. The number of carbonyl (C=O) groups is 4. The molecule has 0 saturated carbocycles. The van der Waals surface area contributed by atoms with Crippen molar-refractivity contribution in [1.82, 2.24) is 16.0 Å². The van der Waals surface area contributed by atoms with E-state index in [-0.39, 0.29) is 13.0 Å². The van der Waals surface area contributed by atoms with Crippen LogP contribution < -0.4 is 26.4 Å². The highest BCUT2D eigenvalue weighted by molar-refractivity contribution is 5.90. The zero-order valence-corrected chi connectivity index (χ0v) is 24.7. The van der Waals surface area contributed by atoms with Crippen LogP contribution in [0.25, 0.3) is 0 Å². The standard InChI is InChI=1S/C29H34F6N4O7/c1-37-24(41)20(14-17-8-10-19(45-2)11-9-17)38-25(42)21(15-22(28(30,31)32)29(33,34)35)39-27(36,26(43)44)13-12-23(40)46-16-18-6-4-3-5-7-18/h3-11,20-22,39H,12-16,36H2,1-2H3,(H,37,41)(H,38,42)(H,43,44)/t20-,21-,27+/m0/s1. The van der Waals surface area contributed by atoms with Crippen molar-refractivity contribution in [1.29, 1.82) is 0 Å². The van der Waals surface area contributed by atoms with Gasteiger partial charge in [-0.1, -0.05) is 42.5 Å².